The number of hydrogen-bond acceptors (Lipinski definition) is 5. The van der Waals surface area contributed by atoms with E-state index in [9.17, 15) is 9.18 Å². The lowest BCUT2D eigenvalue weighted by molar-refractivity contribution is 0.0978. The van der Waals surface area contributed by atoms with Gasteiger partial charge in [-0.1, -0.05) is 31.3 Å². The second-order valence-corrected chi connectivity index (χ2v) is 8.29. The van der Waals surface area contributed by atoms with Crippen LogP contribution in [0.3, 0.4) is 0 Å². The maximum atomic E-state index is 14.2. The third-order valence-corrected chi connectivity index (χ3v) is 6.04. The number of rotatable bonds is 8. The minimum Gasteiger partial charge on any atom is -0.302 e. The van der Waals surface area contributed by atoms with Gasteiger partial charge in [0.1, 0.15) is 11.3 Å². The maximum absolute atomic E-state index is 14.2. The lowest BCUT2D eigenvalue weighted by Gasteiger charge is -2.24. The van der Waals surface area contributed by atoms with Gasteiger partial charge in [0.05, 0.1) is 4.70 Å². The van der Waals surface area contributed by atoms with Gasteiger partial charge in [0.2, 0.25) is 0 Å². The number of likely N-dealkylation sites (N-methyl/N-ethyl adjacent to an activating group) is 1. The Balaban J connectivity index is 0.00000320. The molecule has 30 heavy (non-hydrogen) atoms. The first-order valence-corrected chi connectivity index (χ1v) is 10.8. The van der Waals surface area contributed by atoms with Crippen LogP contribution in [0.4, 0.5) is 9.52 Å². The summed E-state index contributed by atoms with van der Waals surface area (Å²) in [6, 6.07) is 6.85. The lowest BCUT2D eigenvalue weighted by Crippen LogP contribution is -2.39. The SMILES string of the molecule is CCN(CC)CCN(C(=O)c1cc(C)n(C(C)C)n1)c1nc2c(F)cccc2s1.Cl. The van der Waals surface area contributed by atoms with Crippen LogP contribution in [0, 0.1) is 12.7 Å². The molecule has 6 nitrogen and oxygen atoms in total. The highest BCUT2D eigenvalue weighted by Crippen LogP contribution is 2.31. The van der Waals surface area contributed by atoms with E-state index in [-0.39, 0.29) is 30.2 Å². The number of aromatic nitrogens is 3. The second kappa shape index (κ2) is 10.3. The highest BCUT2D eigenvalue weighted by molar-refractivity contribution is 7.22. The van der Waals surface area contributed by atoms with E-state index in [1.807, 2.05) is 31.5 Å². The van der Waals surface area contributed by atoms with Crippen molar-refractivity contribution in [2.45, 2.75) is 40.7 Å². The van der Waals surface area contributed by atoms with E-state index >= 15 is 0 Å². The zero-order valence-corrected chi connectivity index (χ0v) is 19.7. The molecule has 0 spiro atoms. The molecule has 1 amide bonds. The highest BCUT2D eigenvalue weighted by atomic mass is 35.5. The van der Waals surface area contributed by atoms with E-state index in [0.717, 1.165) is 23.5 Å². The highest BCUT2D eigenvalue weighted by Gasteiger charge is 2.25. The number of fused-ring (bicyclic) bond motifs is 1. The van der Waals surface area contributed by atoms with Gasteiger partial charge in [-0.05, 0) is 52.1 Å². The Morgan fingerprint density at radius 1 is 1.23 bits per heavy atom. The molecule has 1 aromatic carbocycles. The van der Waals surface area contributed by atoms with Gasteiger partial charge in [0.15, 0.2) is 10.8 Å². The van der Waals surface area contributed by atoms with Gasteiger partial charge < -0.3 is 4.90 Å². The van der Waals surface area contributed by atoms with Crippen molar-refractivity contribution in [1.82, 2.24) is 19.7 Å². The van der Waals surface area contributed by atoms with Crippen LogP contribution in [0.15, 0.2) is 24.3 Å². The number of carbonyl (C=O) groups is 1. The first-order valence-electron chi connectivity index (χ1n) is 10.0. The average molecular weight is 454 g/mol. The van der Waals surface area contributed by atoms with Gasteiger partial charge >= 0.3 is 0 Å². The topological polar surface area (TPSA) is 54.3 Å². The molecule has 0 saturated heterocycles. The Morgan fingerprint density at radius 3 is 2.50 bits per heavy atom. The summed E-state index contributed by atoms with van der Waals surface area (Å²) < 4.78 is 16.7. The molecule has 0 bridgehead atoms. The van der Waals surface area contributed by atoms with Crippen molar-refractivity contribution in [3.63, 3.8) is 0 Å². The van der Waals surface area contributed by atoms with Gasteiger partial charge in [-0.25, -0.2) is 9.37 Å². The van der Waals surface area contributed by atoms with Crippen LogP contribution in [-0.4, -0.2) is 51.8 Å². The summed E-state index contributed by atoms with van der Waals surface area (Å²) in [5.41, 5.74) is 1.62. The number of carbonyl (C=O) groups excluding carboxylic acids is 1. The molecular weight excluding hydrogens is 425 g/mol. The monoisotopic (exact) mass is 453 g/mol. The molecule has 0 fully saturated rings. The standard InChI is InChI=1S/C21H28FN5OS.ClH/c1-6-25(7-2)11-12-26(20(28)17-13-15(5)27(24-17)14(3)4)21-23-19-16(22)9-8-10-18(19)29-21;/h8-10,13-14H,6-7,11-12H2,1-5H3;1H. The van der Waals surface area contributed by atoms with E-state index < -0.39 is 0 Å². The lowest BCUT2D eigenvalue weighted by atomic mass is 10.3. The van der Waals surface area contributed by atoms with Crippen molar-refractivity contribution in [2.24, 2.45) is 0 Å². The van der Waals surface area contributed by atoms with Crippen molar-refractivity contribution >= 4 is 45.0 Å². The molecule has 0 unspecified atom stereocenters. The number of para-hydroxylation sites is 1. The van der Waals surface area contributed by atoms with Gasteiger partial charge in [-0.3, -0.25) is 14.4 Å². The van der Waals surface area contributed by atoms with Crippen LogP contribution in [0.1, 0.15) is 49.9 Å². The third kappa shape index (κ3) is 4.99. The number of amides is 1. The quantitative estimate of drug-likeness (QED) is 0.485. The molecule has 0 N–H and O–H groups in total. The Hall–Kier alpha value is -2.03. The molecule has 0 aliphatic rings. The summed E-state index contributed by atoms with van der Waals surface area (Å²) in [6.45, 7) is 13.2. The summed E-state index contributed by atoms with van der Waals surface area (Å²) in [5, 5.41) is 5.01. The van der Waals surface area contributed by atoms with E-state index in [4.69, 9.17) is 0 Å². The zero-order valence-electron chi connectivity index (χ0n) is 18.1. The molecule has 9 heteroatoms. The minimum atomic E-state index is -0.374. The van der Waals surface area contributed by atoms with Gasteiger partial charge in [-0.15, -0.1) is 12.4 Å². The normalized spacial score (nSPS) is 11.3. The van der Waals surface area contributed by atoms with Crippen LogP contribution in [-0.2, 0) is 0 Å². The number of anilines is 1. The van der Waals surface area contributed by atoms with Crippen LogP contribution in [0.25, 0.3) is 10.2 Å². The largest absolute Gasteiger partial charge is 0.302 e. The number of nitrogens with zero attached hydrogens (tertiary/aromatic N) is 5. The Bertz CT molecular complexity index is 999. The van der Waals surface area contributed by atoms with Crippen molar-refractivity contribution < 1.29 is 9.18 Å². The fourth-order valence-electron chi connectivity index (χ4n) is 3.34. The number of benzene rings is 1. The molecule has 0 aliphatic heterocycles. The van der Waals surface area contributed by atoms with E-state index in [0.29, 0.717) is 29.4 Å². The summed E-state index contributed by atoms with van der Waals surface area (Å²) >= 11 is 1.33. The molecule has 3 rings (SSSR count). The van der Waals surface area contributed by atoms with Gasteiger partial charge in [0.25, 0.3) is 5.91 Å². The molecule has 2 heterocycles. The minimum absolute atomic E-state index is 0. The maximum Gasteiger partial charge on any atom is 0.280 e. The third-order valence-electron chi connectivity index (χ3n) is 5.00. The van der Waals surface area contributed by atoms with Crippen molar-refractivity contribution in [3.05, 3.63) is 41.5 Å². The van der Waals surface area contributed by atoms with Crippen molar-refractivity contribution in [2.75, 3.05) is 31.1 Å². The number of hydrogen-bond donors (Lipinski definition) is 0. The molecule has 2 aromatic heterocycles. The predicted molar refractivity (Wildman–Crippen MR) is 124 cm³/mol. The summed E-state index contributed by atoms with van der Waals surface area (Å²) in [4.78, 5) is 21.7. The number of thiazole rings is 1. The fourth-order valence-corrected chi connectivity index (χ4v) is 4.34. The number of halogens is 2. The molecular formula is C21H29ClFN5OS. The van der Waals surface area contributed by atoms with Crippen LogP contribution in [0.2, 0.25) is 0 Å². The molecule has 0 aliphatic carbocycles. The summed E-state index contributed by atoms with van der Waals surface area (Å²) in [7, 11) is 0. The van der Waals surface area contributed by atoms with Crippen LogP contribution < -0.4 is 4.90 Å². The van der Waals surface area contributed by atoms with E-state index in [2.05, 4.69) is 28.8 Å². The van der Waals surface area contributed by atoms with Crippen molar-refractivity contribution in [1.29, 1.82) is 0 Å². The molecule has 0 radical (unpaired) electrons. The van der Waals surface area contributed by atoms with Crippen LogP contribution in [0.5, 0.6) is 0 Å². The predicted octanol–water partition coefficient (Wildman–Crippen LogP) is 4.93. The van der Waals surface area contributed by atoms with Crippen LogP contribution >= 0.6 is 23.7 Å². The Kier molecular flexibility index (Phi) is 8.34. The fraction of sp³-hybridized carbons (Fsp3) is 0.476. The average Bonchev–Trinajstić information content (AvgIpc) is 3.29. The van der Waals surface area contributed by atoms with Gasteiger partial charge in [0, 0.05) is 24.8 Å². The Morgan fingerprint density at radius 2 is 1.93 bits per heavy atom. The second-order valence-electron chi connectivity index (χ2n) is 7.28. The van der Waals surface area contributed by atoms with Crippen molar-refractivity contribution in [3.8, 4) is 0 Å². The summed E-state index contributed by atoms with van der Waals surface area (Å²) in [5.74, 6) is -0.583. The van der Waals surface area contributed by atoms with Gasteiger partial charge in [-0.2, -0.15) is 5.10 Å². The first-order chi connectivity index (χ1) is 13.8. The Labute approximate surface area is 187 Å². The molecule has 164 valence electrons. The molecule has 0 saturated carbocycles. The summed E-state index contributed by atoms with van der Waals surface area (Å²) in [6.07, 6.45) is 0. The first kappa shape index (κ1) is 24.2. The molecule has 3 aromatic rings. The number of aryl methyl sites for hydroxylation is 1. The van der Waals surface area contributed by atoms with E-state index in [1.54, 1.807) is 17.0 Å². The smallest absolute Gasteiger partial charge is 0.280 e. The zero-order chi connectivity index (χ0) is 21.1. The van der Waals surface area contributed by atoms with E-state index in [1.165, 1.54) is 17.4 Å². The molecule has 0 atom stereocenters.